The van der Waals surface area contributed by atoms with Crippen molar-refractivity contribution < 1.29 is 14.3 Å². The standard InChI is InChI=1S/C23H26ClNO3S/c1-13-19(8-15-4-6-17(24)7-5-15)20(14(2)29-13)21(26)25-18-11-23(12-18)9-16(10-23)22(27)28-3/h4-7,16,18H,8-12H2,1-3H3,(H,25,26). The van der Waals surface area contributed by atoms with Gasteiger partial charge in [-0.2, -0.15) is 0 Å². The van der Waals surface area contributed by atoms with E-state index in [0.29, 0.717) is 5.02 Å². The van der Waals surface area contributed by atoms with Gasteiger partial charge in [-0.25, -0.2) is 0 Å². The van der Waals surface area contributed by atoms with E-state index in [2.05, 4.69) is 12.2 Å². The van der Waals surface area contributed by atoms with E-state index in [9.17, 15) is 9.59 Å². The van der Waals surface area contributed by atoms with Gasteiger partial charge in [0.15, 0.2) is 0 Å². The summed E-state index contributed by atoms with van der Waals surface area (Å²) in [6.45, 7) is 4.10. The second-order valence-corrected chi connectivity index (χ2v) is 10.4. The predicted octanol–water partition coefficient (Wildman–Crippen LogP) is 5.07. The minimum Gasteiger partial charge on any atom is -0.469 e. The molecule has 2 aliphatic rings. The van der Waals surface area contributed by atoms with E-state index in [1.807, 2.05) is 31.2 Å². The number of halogens is 1. The lowest BCUT2D eigenvalue weighted by Gasteiger charge is -2.56. The molecule has 0 bridgehead atoms. The van der Waals surface area contributed by atoms with Crippen molar-refractivity contribution >= 4 is 34.8 Å². The first-order valence-corrected chi connectivity index (χ1v) is 11.2. The van der Waals surface area contributed by atoms with Crippen molar-refractivity contribution in [1.82, 2.24) is 5.32 Å². The van der Waals surface area contributed by atoms with Crippen LogP contribution in [-0.2, 0) is 16.0 Å². The van der Waals surface area contributed by atoms with Crippen LogP contribution in [0.2, 0.25) is 5.02 Å². The van der Waals surface area contributed by atoms with Gasteiger partial charge in [0.05, 0.1) is 18.6 Å². The third-order valence-corrected chi connectivity index (χ3v) is 7.81. The van der Waals surface area contributed by atoms with Crippen molar-refractivity contribution in [2.45, 2.75) is 52.0 Å². The third-order valence-electron chi connectivity index (χ3n) is 6.49. The number of methoxy groups -OCH3 is 1. The Morgan fingerprint density at radius 3 is 2.41 bits per heavy atom. The molecule has 0 aliphatic heterocycles. The van der Waals surface area contributed by atoms with Gasteiger partial charge in [0, 0.05) is 20.8 Å². The van der Waals surface area contributed by atoms with Crippen LogP contribution in [0, 0.1) is 25.2 Å². The van der Waals surface area contributed by atoms with Crippen LogP contribution in [-0.4, -0.2) is 25.0 Å². The third kappa shape index (κ3) is 3.95. The van der Waals surface area contributed by atoms with Crippen LogP contribution in [0.15, 0.2) is 24.3 Å². The largest absolute Gasteiger partial charge is 0.469 e. The van der Waals surface area contributed by atoms with Gasteiger partial charge in [0.2, 0.25) is 0 Å². The summed E-state index contributed by atoms with van der Waals surface area (Å²) in [6, 6.07) is 8.00. The number of aryl methyl sites for hydroxylation is 2. The highest BCUT2D eigenvalue weighted by molar-refractivity contribution is 7.12. The SMILES string of the molecule is COC(=O)C1CC2(CC(NC(=O)c3c(C)sc(C)c3Cc3ccc(Cl)cc3)C2)C1. The molecule has 154 valence electrons. The minimum absolute atomic E-state index is 0.0273. The number of hydrogen-bond donors (Lipinski definition) is 1. The molecule has 4 rings (SSSR count). The second kappa shape index (κ2) is 7.77. The Hall–Kier alpha value is -1.85. The normalized spacial score (nSPS) is 25.2. The fourth-order valence-corrected chi connectivity index (χ4v) is 6.25. The average molecular weight is 432 g/mol. The van der Waals surface area contributed by atoms with Crippen LogP contribution in [0.3, 0.4) is 0 Å². The van der Waals surface area contributed by atoms with Gasteiger partial charge in [-0.3, -0.25) is 9.59 Å². The van der Waals surface area contributed by atoms with E-state index in [1.54, 1.807) is 11.3 Å². The fourth-order valence-electron chi connectivity index (χ4n) is 5.04. The van der Waals surface area contributed by atoms with Gasteiger partial charge < -0.3 is 10.1 Å². The van der Waals surface area contributed by atoms with Gasteiger partial charge >= 0.3 is 5.97 Å². The summed E-state index contributed by atoms with van der Waals surface area (Å²) in [4.78, 5) is 26.9. The number of carbonyl (C=O) groups excluding carboxylic acids is 2. The Morgan fingerprint density at radius 2 is 1.79 bits per heavy atom. The molecule has 1 N–H and O–H groups in total. The molecule has 2 aliphatic carbocycles. The fraction of sp³-hybridized carbons (Fsp3) is 0.478. The first-order valence-electron chi connectivity index (χ1n) is 10.0. The number of carbonyl (C=O) groups is 2. The molecule has 0 atom stereocenters. The number of hydrogen-bond acceptors (Lipinski definition) is 4. The monoisotopic (exact) mass is 431 g/mol. The summed E-state index contributed by atoms with van der Waals surface area (Å²) < 4.78 is 4.83. The minimum atomic E-state index is -0.0978. The summed E-state index contributed by atoms with van der Waals surface area (Å²) in [5, 5.41) is 3.95. The molecular formula is C23H26ClNO3S. The van der Waals surface area contributed by atoms with Crippen molar-refractivity contribution in [1.29, 1.82) is 0 Å². The molecule has 2 fully saturated rings. The molecule has 6 heteroatoms. The predicted molar refractivity (Wildman–Crippen MR) is 116 cm³/mol. The molecule has 4 nitrogen and oxygen atoms in total. The highest BCUT2D eigenvalue weighted by Gasteiger charge is 2.55. The Morgan fingerprint density at radius 1 is 1.14 bits per heavy atom. The van der Waals surface area contributed by atoms with Crippen molar-refractivity contribution in [3.05, 3.63) is 55.7 Å². The zero-order valence-electron chi connectivity index (χ0n) is 17.0. The number of esters is 1. The second-order valence-electron chi connectivity index (χ2n) is 8.58. The Balaban J connectivity index is 1.40. The zero-order chi connectivity index (χ0) is 20.8. The van der Waals surface area contributed by atoms with Crippen LogP contribution in [0.5, 0.6) is 0 Å². The van der Waals surface area contributed by atoms with E-state index in [-0.39, 0.29) is 29.3 Å². The molecule has 1 heterocycles. The first kappa shape index (κ1) is 20.4. The quantitative estimate of drug-likeness (QED) is 0.672. The Kier molecular flexibility index (Phi) is 5.47. The molecule has 2 saturated carbocycles. The van der Waals surface area contributed by atoms with Gasteiger partial charge in [-0.1, -0.05) is 23.7 Å². The van der Waals surface area contributed by atoms with Gasteiger partial charge in [0.25, 0.3) is 5.91 Å². The summed E-state index contributed by atoms with van der Waals surface area (Å²) in [6.07, 6.45) is 4.43. The van der Waals surface area contributed by atoms with Crippen molar-refractivity contribution in [2.75, 3.05) is 7.11 Å². The van der Waals surface area contributed by atoms with Crippen LogP contribution in [0.25, 0.3) is 0 Å². The number of amides is 1. The first-order chi connectivity index (χ1) is 13.8. The highest BCUT2D eigenvalue weighted by Crippen LogP contribution is 2.59. The summed E-state index contributed by atoms with van der Waals surface area (Å²) in [5.41, 5.74) is 3.32. The van der Waals surface area contributed by atoms with E-state index in [4.69, 9.17) is 16.3 Å². The summed E-state index contributed by atoms with van der Waals surface area (Å²) in [5.74, 6) is -0.0248. The van der Waals surface area contributed by atoms with Crippen LogP contribution in [0.4, 0.5) is 0 Å². The van der Waals surface area contributed by atoms with Crippen LogP contribution in [0.1, 0.15) is 56.9 Å². The van der Waals surface area contributed by atoms with Gasteiger partial charge in [0.1, 0.15) is 0 Å². The molecule has 1 aromatic carbocycles. The maximum absolute atomic E-state index is 13.1. The molecule has 1 aromatic heterocycles. The lowest BCUT2D eigenvalue weighted by Crippen LogP contribution is -2.57. The molecule has 0 radical (unpaired) electrons. The average Bonchev–Trinajstić information content (AvgIpc) is 2.90. The van der Waals surface area contributed by atoms with E-state index < -0.39 is 0 Å². The van der Waals surface area contributed by atoms with Gasteiger partial charge in [-0.15, -0.1) is 11.3 Å². The van der Waals surface area contributed by atoms with Crippen molar-refractivity contribution in [3.63, 3.8) is 0 Å². The zero-order valence-corrected chi connectivity index (χ0v) is 18.6. The smallest absolute Gasteiger partial charge is 0.308 e. The summed E-state index contributed by atoms with van der Waals surface area (Å²) in [7, 11) is 1.45. The lowest BCUT2D eigenvalue weighted by atomic mass is 9.50. The number of benzene rings is 1. The maximum atomic E-state index is 13.1. The van der Waals surface area contributed by atoms with E-state index in [1.165, 1.54) is 12.0 Å². The van der Waals surface area contributed by atoms with Crippen molar-refractivity contribution in [2.24, 2.45) is 11.3 Å². The molecular weight excluding hydrogens is 406 g/mol. The van der Waals surface area contributed by atoms with E-state index in [0.717, 1.165) is 53.7 Å². The number of rotatable bonds is 5. The molecule has 2 aromatic rings. The number of ether oxygens (including phenoxy) is 1. The molecule has 29 heavy (non-hydrogen) atoms. The maximum Gasteiger partial charge on any atom is 0.308 e. The number of nitrogens with one attached hydrogen (secondary N) is 1. The molecule has 0 unspecified atom stereocenters. The van der Waals surface area contributed by atoms with Crippen molar-refractivity contribution in [3.8, 4) is 0 Å². The lowest BCUT2D eigenvalue weighted by molar-refractivity contribution is -0.159. The molecule has 1 spiro atoms. The Labute approximate surface area is 180 Å². The number of thiophene rings is 1. The van der Waals surface area contributed by atoms with Gasteiger partial charge in [-0.05, 0) is 74.6 Å². The topological polar surface area (TPSA) is 55.4 Å². The highest BCUT2D eigenvalue weighted by atomic mass is 35.5. The van der Waals surface area contributed by atoms with Crippen LogP contribution < -0.4 is 5.32 Å². The summed E-state index contributed by atoms with van der Waals surface area (Å²) >= 11 is 7.68. The molecule has 1 amide bonds. The van der Waals surface area contributed by atoms with Crippen LogP contribution >= 0.6 is 22.9 Å². The van der Waals surface area contributed by atoms with E-state index >= 15 is 0 Å². The molecule has 0 saturated heterocycles. The Bertz CT molecular complexity index is 936.